The Balaban J connectivity index is 1.23. The second-order valence-corrected chi connectivity index (χ2v) is 12.3. The lowest BCUT2D eigenvalue weighted by Gasteiger charge is -2.31. The summed E-state index contributed by atoms with van der Waals surface area (Å²) >= 11 is 14.1. The van der Waals surface area contributed by atoms with Gasteiger partial charge in [-0.3, -0.25) is 4.79 Å². The molecule has 236 valence electrons. The minimum atomic E-state index is -0.550. The van der Waals surface area contributed by atoms with E-state index in [0.29, 0.717) is 62.7 Å². The number of rotatable bonds is 7. The number of aliphatic hydroxyl groups is 1. The summed E-state index contributed by atoms with van der Waals surface area (Å²) in [4.78, 5) is 22.2. The fourth-order valence-electron chi connectivity index (χ4n) is 6.41. The van der Waals surface area contributed by atoms with Crippen molar-refractivity contribution in [3.8, 4) is 28.3 Å². The summed E-state index contributed by atoms with van der Waals surface area (Å²) in [6.07, 6.45) is 5.16. The van der Waals surface area contributed by atoms with Gasteiger partial charge in [0.2, 0.25) is 5.88 Å². The summed E-state index contributed by atoms with van der Waals surface area (Å²) in [5.41, 5.74) is 5.35. The summed E-state index contributed by atoms with van der Waals surface area (Å²) in [7, 11) is 3.22. The maximum Gasteiger partial charge on any atom is 0.278 e. The number of hydrogen-bond acceptors (Lipinski definition) is 9. The van der Waals surface area contributed by atoms with E-state index in [2.05, 4.69) is 26.8 Å². The maximum atomic E-state index is 12.9. The number of anilines is 2. The molecule has 5 aromatic rings. The van der Waals surface area contributed by atoms with E-state index < -0.39 is 6.10 Å². The highest BCUT2D eigenvalue weighted by Gasteiger charge is 2.33. The zero-order valence-corrected chi connectivity index (χ0v) is 26.8. The third kappa shape index (κ3) is 5.50. The zero-order chi connectivity index (χ0) is 31.9. The second kappa shape index (κ2) is 12.6. The number of aliphatic hydroxyl groups excluding tert-OH is 1. The molecule has 7 rings (SSSR count). The van der Waals surface area contributed by atoms with E-state index in [1.165, 1.54) is 4.68 Å². The van der Waals surface area contributed by atoms with Crippen LogP contribution >= 0.6 is 23.2 Å². The highest BCUT2D eigenvalue weighted by atomic mass is 35.5. The molecule has 1 saturated heterocycles. The summed E-state index contributed by atoms with van der Waals surface area (Å²) in [6, 6.07) is 15.2. The molecule has 4 heterocycles. The number of nitrogens with zero attached hydrogens (tertiary/aromatic N) is 4. The van der Waals surface area contributed by atoms with E-state index in [0.717, 1.165) is 41.5 Å². The Kier molecular flexibility index (Phi) is 8.39. The van der Waals surface area contributed by atoms with Gasteiger partial charge in [0.05, 0.1) is 52.8 Å². The van der Waals surface area contributed by atoms with Crippen molar-refractivity contribution in [1.29, 1.82) is 0 Å². The number of aryl methyl sites for hydroxylation is 2. The van der Waals surface area contributed by atoms with Crippen LogP contribution in [0.15, 0.2) is 65.7 Å². The first-order valence-corrected chi connectivity index (χ1v) is 15.8. The predicted octanol–water partition coefficient (Wildman–Crippen LogP) is 5.84. The van der Waals surface area contributed by atoms with Gasteiger partial charge in [-0.15, -0.1) is 0 Å². The van der Waals surface area contributed by atoms with Crippen molar-refractivity contribution in [1.82, 2.24) is 25.1 Å². The number of benzene rings is 2. The average molecular weight is 660 g/mol. The van der Waals surface area contributed by atoms with Gasteiger partial charge in [-0.05, 0) is 43.0 Å². The van der Waals surface area contributed by atoms with Crippen molar-refractivity contribution >= 4 is 45.5 Å². The number of pyridine rings is 2. The Bertz CT molecular complexity index is 2020. The van der Waals surface area contributed by atoms with E-state index in [-0.39, 0.29) is 17.6 Å². The largest absolute Gasteiger partial charge is 0.481 e. The summed E-state index contributed by atoms with van der Waals surface area (Å²) < 4.78 is 12.5. The predicted molar refractivity (Wildman–Crippen MR) is 179 cm³/mol. The number of nitrogens with one attached hydrogen (secondary N) is 2. The number of aromatic nitrogens is 4. The minimum Gasteiger partial charge on any atom is -0.481 e. The van der Waals surface area contributed by atoms with E-state index >= 15 is 0 Å². The van der Waals surface area contributed by atoms with Gasteiger partial charge in [0, 0.05) is 59.6 Å². The van der Waals surface area contributed by atoms with Gasteiger partial charge >= 0.3 is 0 Å². The Morgan fingerprint density at radius 2 is 1.85 bits per heavy atom. The lowest BCUT2D eigenvalue weighted by molar-refractivity contribution is -0.0304. The highest BCUT2D eigenvalue weighted by Crippen LogP contribution is 2.44. The number of ether oxygens (including phenoxy) is 2. The van der Waals surface area contributed by atoms with Crippen LogP contribution < -0.4 is 20.9 Å². The molecule has 46 heavy (non-hydrogen) atoms. The van der Waals surface area contributed by atoms with E-state index in [1.54, 1.807) is 32.6 Å². The molecule has 0 radical (unpaired) electrons. The molecule has 3 N–H and O–H groups in total. The molecule has 1 aliphatic heterocycles. The van der Waals surface area contributed by atoms with Gasteiger partial charge in [-0.1, -0.05) is 53.5 Å². The molecule has 3 atom stereocenters. The molecule has 2 aliphatic rings. The lowest BCUT2D eigenvalue weighted by Crippen LogP contribution is -2.47. The number of hydrogen-bond donors (Lipinski definition) is 3. The maximum absolute atomic E-state index is 12.9. The van der Waals surface area contributed by atoms with Gasteiger partial charge in [-0.25, -0.2) is 14.6 Å². The summed E-state index contributed by atoms with van der Waals surface area (Å²) in [6.45, 7) is 0.958. The first-order valence-electron chi connectivity index (χ1n) is 15.1. The first-order chi connectivity index (χ1) is 22.3. The highest BCUT2D eigenvalue weighted by molar-refractivity contribution is 6.39. The molecule has 0 bridgehead atoms. The van der Waals surface area contributed by atoms with E-state index in [1.807, 2.05) is 36.4 Å². The van der Waals surface area contributed by atoms with Crippen LogP contribution in [-0.2, 0) is 18.2 Å². The Morgan fingerprint density at radius 1 is 1.07 bits per heavy atom. The molecule has 0 saturated carbocycles. The molecule has 12 heteroatoms. The molecule has 2 aromatic carbocycles. The Hall–Kier alpha value is -4.06. The molecule has 0 amide bonds. The second-order valence-electron chi connectivity index (χ2n) is 11.5. The van der Waals surface area contributed by atoms with Crippen LogP contribution in [-0.4, -0.2) is 57.3 Å². The minimum absolute atomic E-state index is 0.0211. The van der Waals surface area contributed by atoms with Crippen molar-refractivity contribution in [3.05, 3.63) is 92.5 Å². The Morgan fingerprint density at radius 3 is 2.65 bits per heavy atom. The average Bonchev–Trinajstić information content (AvgIpc) is 3.47. The van der Waals surface area contributed by atoms with Crippen LogP contribution in [0.4, 0.5) is 11.5 Å². The van der Waals surface area contributed by atoms with Gasteiger partial charge in [-0.2, -0.15) is 5.10 Å². The normalized spacial score (nSPS) is 19.3. The molecule has 1 aliphatic carbocycles. The van der Waals surface area contributed by atoms with Crippen LogP contribution in [0.2, 0.25) is 10.0 Å². The molecule has 10 nitrogen and oxygen atoms in total. The third-order valence-corrected chi connectivity index (χ3v) is 9.59. The van der Waals surface area contributed by atoms with E-state index in [9.17, 15) is 9.90 Å². The van der Waals surface area contributed by atoms with Crippen molar-refractivity contribution in [3.63, 3.8) is 0 Å². The summed E-state index contributed by atoms with van der Waals surface area (Å²) in [5.74, 6) is 0.923. The van der Waals surface area contributed by atoms with E-state index in [4.69, 9.17) is 37.7 Å². The Labute approximate surface area is 275 Å². The van der Waals surface area contributed by atoms with Crippen LogP contribution in [0.25, 0.3) is 33.2 Å². The van der Waals surface area contributed by atoms with Crippen molar-refractivity contribution < 1.29 is 14.6 Å². The molecule has 1 fully saturated rings. The van der Waals surface area contributed by atoms with Crippen molar-refractivity contribution in [2.45, 2.75) is 37.5 Å². The van der Waals surface area contributed by atoms with Gasteiger partial charge in [0.25, 0.3) is 5.56 Å². The SMILES string of the molecule is COc1nc(-c2cccc(-c3cccc(Nc4nccc5cnn(C)c(=O)c45)c3Cl)c2Cl)cc2c1[C@@H](N[C@@H]1CCOC[C@@H]1O)CC2. The molecular weight excluding hydrogens is 627 g/mol. The lowest BCUT2D eigenvalue weighted by atomic mass is 9.99. The van der Waals surface area contributed by atoms with Crippen molar-refractivity contribution in [2.75, 3.05) is 25.6 Å². The quantitative estimate of drug-likeness (QED) is 0.198. The number of halogens is 2. The smallest absolute Gasteiger partial charge is 0.278 e. The third-order valence-electron chi connectivity index (χ3n) is 8.77. The molecule has 0 spiro atoms. The molecule has 0 unspecified atom stereocenters. The monoisotopic (exact) mass is 658 g/mol. The number of methoxy groups -OCH3 is 1. The van der Waals surface area contributed by atoms with Gasteiger partial charge in [0.15, 0.2) is 0 Å². The van der Waals surface area contributed by atoms with Crippen LogP contribution in [0.3, 0.4) is 0 Å². The summed E-state index contributed by atoms with van der Waals surface area (Å²) in [5, 5.41) is 23.4. The standard InChI is InChI=1S/C34H32Cl2N6O4/c1-42-34(44)29-19(16-38-42)11-13-37-32(29)40-25-8-4-6-21(31(25)36)20-5-3-7-22(30(20)35)26-15-18-9-10-24(28(18)33(41-26)45-2)39-23-12-14-46-17-27(23)43/h3-8,11,13,15-16,23-24,27,39,43H,9-10,12,14,17H2,1-2H3,(H,37,40)/t23-,24+,27+/m1/s1. The fraction of sp³-hybridized carbons (Fsp3) is 0.294. The zero-order valence-electron chi connectivity index (χ0n) is 25.3. The van der Waals surface area contributed by atoms with Crippen LogP contribution in [0.1, 0.15) is 30.0 Å². The molecule has 3 aromatic heterocycles. The van der Waals surface area contributed by atoms with Crippen LogP contribution in [0.5, 0.6) is 5.88 Å². The fourth-order valence-corrected chi connectivity index (χ4v) is 7.01. The van der Waals surface area contributed by atoms with Gasteiger partial charge < -0.3 is 25.2 Å². The molecular formula is C34H32Cl2N6O4. The van der Waals surface area contributed by atoms with Crippen molar-refractivity contribution in [2.24, 2.45) is 7.05 Å². The van der Waals surface area contributed by atoms with Gasteiger partial charge in [0.1, 0.15) is 5.82 Å². The van der Waals surface area contributed by atoms with Crippen LogP contribution in [0, 0.1) is 0 Å². The topological polar surface area (TPSA) is 123 Å². The first kappa shape index (κ1) is 30.6. The number of fused-ring (bicyclic) bond motifs is 2.